The second kappa shape index (κ2) is 4.07. The number of carbonyl (C=O) groups is 1. The maximum atomic E-state index is 11.5. The molecule has 1 rings (SSSR count). The predicted molar refractivity (Wildman–Crippen MR) is 52.9 cm³/mol. The lowest BCUT2D eigenvalue weighted by molar-refractivity contribution is -0.162. The van der Waals surface area contributed by atoms with Gasteiger partial charge in [0.2, 0.25) is 10.0 Å². The largest absolute Gasteiger partial charge is 0.479 e. The zero-order chi connectivity index (χ0) is 11.7. The first-order valence-electron chi connectivity index (χ1n) is 4.75. The van der Waals surface area contributed by atoms with Crippen LogP contribution in [0, 0.1) is 0 Å². The van der Waals surface area contributed by atoms with Crippen molar-refractivity contribution in [2.24, 2.45) is 0 Å². The van der Waals surface area contributed by atoms with Gasteiger partial charge in [-0.3, -0.25) is 0 Å². The summed E-state index contributed by atoms with van der Waals surface area (Å²) in [5, 5.41) is 18.5. The number of hydrogen-bond donors (Lipinski definition) is 2. The maximum absolute atomic E-state index is 11.5. The van der Waals surface area contributed by atoms with E-state index in [9.17, 15) is 18.3 Å². The van der Waals surface area contributed by atoms with Gasteiger partial charge in [0.1, 0.15) is 0 Å². The van der Waals surface area contributed by atoms with E-state index in [0.717, 1.165) is 4.31 Å². The van der Waals surface area contributed by atoms with Gasteiger partial charge in [0.25, 0.3) is 0 Å². The number of β-amino-alcohol motifs (C(OH)–C–C–N with tert-alkyl or cyclic N) is 1. The van der Waals surface area contributed by atoms with Gasteiger partial charge in [-0.1, -0.05) is 0 Å². The molecule has 1 fully saturated rings. The third kappa shape index (κ3) is 2.47. The number of piperidine rings is 1. The third-order valence-corrected chi connectivity index (χ3v) is 4.42. The van der Waals surface area contributed by atoms with Crippen LogP contribution in [0.3, 0.4) is 0 Å². The van der Waals surface area contributed by atoms with E-state index >= 15 is 0 Å². The molecule has 0 aromatic heterocycles. The average Bonchev–Trinajstić information content (AvgIpc) is 2.18. The molecular formula is C8H15NO5S. The number of sulfonamides is 1. The van der Waals surface area contributed by atoms with E-state index in [-0.39, 0.29) is 25.3 Å². The molecule has 1 atom stereocenters. The van der Waals surface area contributed by atoms with Crippen LogP contribution in [0.4, 0.5) is 0 Å². The number of carboxylic acids is 1. The van der Waals surface area contributed by atoms with Gasteiger partial charge in [0, 0.05) is 6.54 Å². The Kier molecular flexibility index (Phi) is 3.37. The van der Waals surface area contributed by atoms with E-state index < -0.39 is 21.6 Å². The van der Waals surface area contributed by atoms with Crippen LogP contribution in [0.15, 0.2) is 0 Å². The van der Waals surface area contributed by atoms with E-state index in [4.69, 9.17) is 5.11 Å². The van der Waals surface area contributed by atoms with Crippen molar-refractivity contribution < 1.29 is 23.4 Å². The third-order valence-electron chi connectivity index (χ3n) is 2.59. The zero-order valence-electron chi connectivity index (χ0n) is 8.51. The van der Waals surface area contributed by atoms with E-state index in [1.165, 1.54) is 6.92 Å². The van der Waals surface area contributed by atoms with Crippen molar-refractivity contribution in [3.8, 4) is 0 Å². The smallest absolute Gasteiger partial charge is 0.337 e. The van der Waals surface area contributed by atoms with Gasteiger partial charge in [0.15, 0.2) is 5.60 Å². The number of hydrogen-bond acceptors (Lipinski definition) is 4. The van der Waals surface area contributed by atoms with Gasteiger partial charge >= 0.3 is 5.97 Å². The lowest BCUT2D eigenvalue weighted by atomic mass is 9.95. The topological polar surface area (TPSA) is 94.9 Å². The van der Waals surface area contributed by atoms with Crippen molar-refractivity contribution >= 4 is 16.0 Å². The number of aliphatic hydroxyl groups is 1. The van der Waals surface area contributed by atoms with Crippen LogP contribution in [-0.4, -0.2) is 53.3 Å². The first-order chi connectivity index (χ1) is 6.82. The molecular weight excluding hydrogens is 222 g/mol. The van der Waals surface area contributed by atoms with Gasteiger partial charge in [-0.05, 0) is 19.8 Å². The molecule has 1 heterocycles. The van der Waals surface area contributed by atoms with Crippen molar-refractivity contribution in [1.29, 1.82) is 0 Å². The summed E-state index contributed by atoms with van der Waals surface area (Å²) in [6, 6.07) is 0. The molecule has 1 aliphatic heterocycles. The van der Waals surface area contributed by atoms with Gasteiger partial charge in [-0.15, -0.1) is 0 Å². The summed E-state index contributed by atoms with van der Waals surface area (Å²) in [5.41, 5.74) is -1.93. The highest BCUT2D eigenvalue weighted by Gasteiger charge is 2.43. The Morgan fingerprint density at radius 2 is 2.13 bits per heavy atom. The molecule has 1 saturated heterocycles. The summed E-state index contributed by atoms with van der Waals surface area (Å²) >= 11 is 0. The normalized spacial score (nSPS) is 28.9. The predicted octanol–water partition coefficient (Wildman–Crippen LogP) is -0.752. The van der Waals surface area contributed by atoms with Crippen LogP contribution in [0.2, 0.25) is 0 Å². The average molecular weight is 237 g/mol. The number of nitrogens with zero attached hydrogens (tertiary/aromatic N) is 1. The van der Waals surface area contributed by atoms with Crippen molar-refractivity contribution in [3.05, 3.63) is 0 Å². The van der Waals surface area contributed by atoms with Crippen LogP contribution in [0.1, 0.15) is 19.8 Å². The Morgan fingerprint density at radius 1 is 1.53 bits per heavy atom. The molecule has 88 valence electrons. The van der Waals surface area contributed by atoms with E-state index in [1.807, 2.05) is 0 Å². The Morgan fingerprint density at radius 3 is 2.60 bits per heavy atom. The van der Waals surface area contributed by atoms with Crippen LogP contribution < -0.4 is 0 Å². The molecule has 2 N–H and O–H groups in total. The lowest BCUT2D eigenvalue weighted by Gasteiger charge is -2.35. The quantitative estimate of drug-likeness (QED) is 0.673. The number of aliphatic carboxylic acids is 1. The Labute approximate surface area is 88.6 Å². The van der Waals surface area contributed by atoms with Crippen LogP contribution in [0.5, 0.6) is 0 Å². The van der Waals surface area contributed by atoms with Crippen molar-refractivity contribution in [2.45, 2.75) is 25.4 Å². The van der Waals surface area contributed by atoms with Gasteiger partial charge in [0.05, 0.1) is 12.3 Å². The zero-order valence-corrected chi connectivity index (χ0v) is 9.33. The van der Waals surface area contributed by atoms with Crippen molar-refractivity contribution in [2.75, 3.05) is 18.8 Å². The molecule has 0 amide bonds. The van der Waals surface area contributed by atoms with E-state index in [1.54, 1.807) is 0 Å². The molecule has 7 heteroatoms. The van der Waals surface area contributed by atoms with E-state index in [0.29, 0.717) is 6.42 Å². The summed E-state index contributed by atoms with van der Waals surface area (Å²) in [6.45, 7) is 1.42. The standard InChI is InChI=1S/C8H15NO5S/c1-2-15(13,14)9-5-3-4-8(12,6-9)7(10)11/h12H,2-6H2,1H3,(H,10,11). The fraction of sp³-hybridized carbons (Fsp3) is 0.875. The Bertz CT molecular complexity index is 352. The molecule has 0 radical (unpaired) electrons. The second-order valence-corrected chi connectivity index (χ2v) is 5.93. The summed E-state index contributed by atoms with van der Waals surface area (Å²) in [6.07, 6.45) is 0.458. The Hall–Kier alpha value is -0.660. The van der Waals surface area contributed by atoms with Gasteiger partial charge in [-0.25, -0.2) is 13.2 Å². The molecule has 0 bridgehead atoms. The molecule has 0 aromatic rings. The van der Waals surface area contributed by atoms with Gasteiger partial charge in [-0.2, -0.15) is 4.31 Å². The first kappa shape index (κ1) is 12.4. The fourth-order valence-electron chi connectivity index (χ4n) is 1.59. The number of carboxylic acid groups (broad SMARTS) is 1. The van der Waals surface area contributed by atoms with Crippen molar-refractivity contribution in [1.82, 2.24) is 4.31 Å². The minimum atomic E-state index is -3.42. The summed E-state index contributed by atoms with van der Waals surface area (Å²) < 4.78 is 24.0. The Balaban J connectivity index is 2.86. The SMILES string of the molecule is CCS(=O)(=O)N1CCCC(O)(C(=O)O)C1. The minimum absolute atomic E-state index is 0.0807. The summed E-state index contributed by atoms with van der Waals surface area (Å²) in [5.74, 6) is -1.44. The van der Waals surface area contributed by atoms with E-state index in [2.05, 4.69) is 0 Å². The van der Waals surface area contributed by atoms with Crippen LogP contribution in [0.25, 0.3) is 0 Å². The minimum Gasteiger partial charge on any atom is -0.479 e. The molecule has 0 saturated carbocycles. The second-order valence-electron chi connectivity index (χ2n) is 3.67. The van der Waals surface area contributed by atoms with Crippen LogP contribution in [-0.2, 0) is 14.8 Å². The van der Waals surface area contributed by atoms with Crippen molar-refractivity contribution in [3.63, 3.8) is 0 Å². The highest BCUT2D eigenvalue weighted by atomic mass is 32.2. The molecule has 1 unspecified atom stereocenters. The summed E-state index contributed by atoms with van der Waals surface area (Å²) in [7, 11) is -3.42. The molecule has 0 aromatic carbocycles. The highest BCUT2D eigenvalue weighted by Crippen LogP contribution is 2.23. The maximum Gasteiger partial charge on any atom is 0.337 e. The monoisotopic (exact) mass is 237 g/mol. The molecule has 1 aliphatic rings. The molecule has 6 nitrogen and oxygen atoms in total. The first-order valence-corrected chi connectivity index (χ1v) is 6.36. The van der Waals surface area contributed by atoms with Gasteiger partial charge < -0.3 is 10.2 Å². The molecule has 0 spiro atoms. The summed E-state index contributed by atoms with van der Waals surface area (Å²) in [4.78, 5) is 10.8. The van der Waals surface area contributed by atoms with Crippen LogP contribution >= 0.6 is 0 Å². The molecule has 15 heavy (non-hydrogen) atoms. The number of rotatable bonds is 3. The lowest BCUT2D eigenvalue weighted by Crippen LogP contribution is -2.54. The fourth-order valence-corrected chi connectivity index (χ4v) is 2.77. The highest BCUT2D eigenvalue weighted by molar-refractivity contribution is 7.89. The molecule has 0 aliphatic carbocycles.